The monoisotopic (exact) mass is 249 g/mol. The van der Waals surface area contributed by atoms with Crippen LogP contribution in [0.25, 0.3) is 0 Å². The number of H-pyrrole nitrogens is 1. The molecule has 0 atom stereocenters. The van der Waals surface area contributed by atoms with Crippen LogP contribution in [0.15, 0.2) is 24.5 Å². The molecule has 1 aromatic carbocycles. The van der Waals surface area contributed by atoms with E-state index in [1.165, 1.54) is 23.4 Å². The number of hydrogen-bond acceptors (Lipinski definition) is 4. The highest BCUT2D eigenvalue weighted by atomic mass is 19.1. The van der Waals surface area contributed by atoms with Crippen LogP contribution in [0.4, 0.5) is 10.1 Å². The third-order valence-corrected chi connectivity index (χ3v) is 2.44. The Morgan fingerprint density at radius 1 is 1.56 bits per heavy atom. The number of nitrogens with zero attached hydrogens (tertiary/aromatic N) is 3. The minimum Gasteiger partial charge on any atom is -0.398 e. The van der Waals surface area contributed by atoms with Gasteiger partial charge in [-0.2, -0.15) is 5.10 Å². The fourth-order valence-electron chi connectivity index (χ4n) is 1.52. The molecule has 0 aliphatic heterocycles. The van der Waals surface area contributed by atoms with E-state index in [-0.39, 0.29) is 23.7 Å². The van der Waals surface area contributed by atoms with E-state index < -0.39 is 5.82 Å². The molecule has 18 heavy (non-hydrogen) atoms. The molecule has 0 saturated heterocycles. The van der Waals surface area contributed by atoms with E-state index in [9.17, 15) is 9.18 Å². The van der Waals surface area contributed by atoms with Gasteiger partial charge in [-0.25, -0.2) is 9.37 Å². The van der Waals surface area contributed by atoms with E-state index in [1.807, 2.05) is 0 Å². The Bertz CT molecular complexity index is 555. The molecule has 0 bridgehead atoms. The smallest absolute Gasteiger partial charge is 0.256 e. The minimum absolute atomic E-state index is 0.136. The number of aromatic nitrogens is 3. The highest BCUT2D eigenvalue weighted by molar-refractivity contribution is 5.98. The predicted octanol–water partition coefficient (Wildman–Crippen LogP) is 0.798. The fourth-order valence-corrected chi connectivity index (χ4v) is 1.52. The van der Waals surface area contributed by atoms with Crippen molar-refractivity contribution in [3.05, 3.63) is 41.7 Å². The molecule has 0 unspecified atom stereocenters. The van der Waals surface area contributed by atoms with Crippen molar-refractivity contribution in [2.24, 2.45) is 0 Å². The maximum Gasteiger partial charge on any atom is 0.256 e. The Hall–Kier alpha value is -2.44. The lowest BCUT2D eigenvalue weighted by Gasteiger charge is -2.16. The quantitative estimate of drug-likeness (QED) is 0.787. The molecule has 1 aromatic heterocycles. The number of aromatic amines is 1. The first-order valence-electron chi connectivity index (χ1n) is 5.22. The Balaban J connectivity index is 2.17. The van der Waals surface area contributed by atoms with Gasteiger partial charge in [-0.05, 0) is 18.2 Å². The number of nitrogen functional groups attached to an aromatic ring is 1. The number of benzene rings is 1. The third kappa shape index (κ3) is 2.45. The van der Waals surface area contributed by atoms with E-state index in [2.05, 4.69) is 15.2 Å². The molecule has 2 aromatic rings. The molecule has 0 fully saturated rings. The standard InChI is InChI=1S/C11H12FN5O/c1-17(5-10-14-6-15-16-10)11(18)8-4-7(12)2-3-9(8)13/h2-4,6H,5,13H2,1H3,(H,14,15,16). The lowest BCUT2D eigenvalue weighted by molar-refractivity contribution is 0.0782. The van der Waals surface area contributed by atoms with Gasteiger partial charge in [0.05, 0.1) is 12.1 Å². The van der Waals surface area contributed by atoms with E-state index in [0.717, 1.165) is 6.07 Å². The first-order valence-corrected chi connectivity index (χ1v) is 5.22. The SMILES string of the molecule is CN(Cc1ncn[nH]1)C(=O)c1cc(F)ccc1N. The lowest BCUT2D eigenvalue weighted by atomic mass is 10.1. The van der Waals surface area contributed by atoms with Gasteiger partial charge in [0.1, 0.15) is 18.0 Å². The Morgan fingerprint density at radius 2 is 2.33 bits per heavy atom. The van der Waals surface area contributed by atoms with Gasteiger partial charge in [0.15, 0.2) is 0 Å². The highest BCUT2D eigenvalue weighted by Gasteiger charge is 2.16. The van der Waals surface area contributed by atoms with Crippen LogP contribution < -0.4 is 5.73 Å². The second kappa shape index (κ2) is 4.82. The van der Waals surface area contributed by atoms with Crippen LogP contribution in [-0.2, 0) is 6.54 Å². The van der Waals surface area contributed by atoms with Gasteiger partial charge < -0.3 is 10.6 Å². The molecule has 7 heteroatoms. The van der Waals surface area contributed by atoms with Crippen molar-refractivity contribution in [2.45, 2.75) is 6.54 Å². The van der Waals surface area contributed by atoms with Crippen molar-refractivity contribution in [3.63, 3.8) is 0 Å². The zero-order chi connectivity index (χ0) is 13.1. The molecule has 0 spiro atoms. The van der Waals surface area contributed by atoms with Gasteiger partial charge in [0.2, 0.25) is 0 Å². The van der Waals surface area contributed by atoms with Gasteiger partial charge >= 0.3 is 0 Å². The number of amides is 1. The van der Waals surface area contributed by atoms with Crippen molar-refractivity contribution in [1.29, 1.82) is 0 Å². The van der Waals surface area contributed by atoms with Crippen LogP contribution in [0.3, 0.4) is 0 Å². The normalized spacial score (nSPS) is 10.3. The van der Waals surface area contributed by atoms with Crippen molar-refractivity contribution >= 4 is 11.6 Å². The molecular formula is C11H12FN5O. The number of nitrogens with one attached hydrogen (secondary N) is 1. The van der Waals surface area contributed by atoms with Crippen LogP contribution >= 0.6 is 0 Å². The molecule has 0 aliphatic carbocycles. The van der Waals surface area contributed by atoms with Crippen LogP contribution in [0.1, 0.15) is 16.2 Å². The predicted molar refractivity (Wildman–Crippen MR) is 63.0 cm³/mol. The van der Waals surface area contributed by atoms with Crippen molar-refractivity contribution in [2.75, 3.05) is 12.8 Å². The first-order chi connectivity index (χ1) is 8.58. The van der Waals surface area contributed by atoms with Gasteiger partial charge in [-0.15, -0.1) is 0 Å². The molecule has 94 valence electrons. The van der Waals surface area contributed by atoms with Crippen molar-refractivity contribution in [3.8, 4) is 0 Å². The average molecular weight is 249 g/mol. The summed E-state index contributed by atoms with van der Waals surface area (Å²) in [5.74, 6) is -0.329. The molecule has 1 heterocycles. The minimum atomic E-state index is -0.499. The molecule has 0 aliphatic rings. The molecule has 3 N–H and O–H groups in total. The highest BCUT2D eigenvalue weighted by Crippen LogP contribution is 2.15. The van der Waals surface area contributed by atoms with E-state index in [0.29, 0.717) is 5.82 Å². The number of rotatable bonds is 3. The Kier molecular flexibility index (Phi) is 3.22. The van der Waals surface area contributed by atoms with Crippen LogP contribution in [0, 0.1) is 5.82 Å². The fraction of sp³-hybridized carbons (Fsp3) is 0.182. The summed E-state index contributed by atoms with van der Waals surface area (Å²) in [5.41, 5.74) is 6.03. The maximum absolute atomic E-state index is 13.1. The van der Waals surface area contributed by atoms with Crippen LogP contribution in [0.5, 0.6) is 0 Å². The number of carbonyl (C=O) groups excluding carboxylic acids is 1. The topological polar surface area (TPSA) is 87.9 Å². The molecular weight excluding hydrogens is 237 g/mol. The van der Waals surface area contributed by atoms with Crippen LogP contribution in [-0.4, -0.2) is 33.0 Å². The van der Waals surface area contributed by atoms with Gasteiger partial charge in [0.25, 0.3) is 5.91 Å². The summed E-state index contributed by atoms with van der Waals surface area (Å²) in [7, 11) is 1.58. The third-order valence-electron chi connectivity index (χ3n) is 2.44. The first kappa shape index (κ1) is 12.0. The zero-order valence-electron chi connectivity index (χ0n) is 9.72. The second-order valence-electron chi connectivity index (χ2n) is 3.82. The van der Waals surface area contributed by atoms with Gasteiger partial charge in [-0.1, -0.05) is 0 Å². The summed E-state index contributed by atoms with van der Waals surface area (Å²) < 4.78 is 13.1. The molecule has 1 amide bonds. The molecule has 2 rings (SSSR count). The van der Waals surface area contributed by atoms with Gasteiger partial charge in [0, 0.05) is 12.7 Å². The van der Waals surface area contributed by atoms with E-state index in [1.54, 1.807) is 7.05 Å². The number of hydrogen-bond donors (Lipinski definition) is 2. The molecule has 0 radical (unpaired) electrons. The summed E-state index contributed by atoms with van der Waals surface area (Å²) in [6, 6.07) is 3.70. The largest absolute Gasteiger partial charge is 0.398 e. The molecule has 0 saturated carbocycles. The Labute approximate surface area is 103 Å². The second-order valence-corrected chi connectivity index (χ2v) is 3.82. The summed E-state index contributed by atoms with van der Waals surface area (Å²) in [5, 5.41) is 6.32. The number of halogens is 1. The van der Waals surface area contributed by atoms with Crippen LogP contribution in [0.2, 0.25) is 0 Å². The average Bonchev–Trinajstić information content (AvgIpc) is 2.84. The molecule has 6 nitrogen and oxygen atoms in total. The summed E-state index contributed by atoms with van der Waals surface area (Å²) >= 11 is 0. The van der Waals surface area contributed by atoms with E-state index in [4.69, 9.17) is 5.73 Å². The summed E-state index contributed by atoms with van der Waals surface area (Å²) in [6.07, 6.45) is 1.35. The number of nitrogens with two attached hydrogens (primary N) is 1. The summed E-state index contributed by atoms with van der Waals surface area (Å²) in [6.45, 7) is 0.245. The maximum atomic E-state index is 13.1. The Morgan fingerprint density at radius 3 is 3.00 bits per heavy atom. The van der Waals surface area contributed by atoms with Crippen molar-refractivity contribution < 1.29 is 9.18 Å². The summed E-state index contributed by atoms with van der Waals surface area (Å²) in [4.78, 5) is 17.3. The zero-order valence-corrected chi connectivity index (χ0v) is 9.72. The lowest BCUT2D eigenvalue weighted by Crippen LogP contribution is -2.27. The van der Waals surface area contributed by atoms with E-state index >= 15 is 0 Å². The van der Waals surface area contributed by atoms with Gasteiger partial charge in [-0.3, -0.25) is 9.89 Å². The number of carbonyl (C=O) groups is 1. The number of anilines is 1. The van der Waals surface area contributed by atoms with Crippen molar-refractivity contribution in [1.82, 2.24) is 20.1 Å².